The van der Waals surface area contributed by atoms with Crippen LogP contribution in [0.1, 0.15) is 91.9 Å². The number of aliphatic hydroxyl groups is 2. The highest BCUT2D eigenvalue weighted by molar-refractivity contribution is 5.12. The van der Waals surface area contributed by atoms with Crippen molar-refractivity contribution in [2.24, 2.45) is 46.3 Å². The van der Waals surface area contributed by atoms with Crippen LogP contribution in [0.4, 0.5) is 0 Å². The van der Waals surface area contributed by atoms with Crippen LogP contribution < -0.4 is 0 Å². The van der Waals surface area contributed by atoms with Crippen molar-refractivity contribution in [1.29, 1.82) is 0 Å². The second kappa shape index (κ2) is 6.76. The van der Waals surface area contributed by atoms with Crippen molar-refractivity contribution in [3.63, 3.8) is 0 Å². The normalized spacial score (nSPS) is 54.9. The maximum atomic E-state index is 11.5. The zero-order chi connectivity index (χ0) is 18.7. The molecule has 0 amide bonds. The smallest absolute Gasteiger partial charge is 0.0602 e. The van der Waals surface area contributed by atoms with E-state index in [0.717, 1.165) is 37.0 Å². The minimum Gasteiger partial charge on any atom is -0.393 e. The summed E-state index contributed by atoms with van der Waals surface area (Å²) in [4.78, 5) is 0. The average molecular weight is 363 g/mol. The molecule has 0 radical (unpaired) electrons. The molecule has 4 rings (SSSR count). The fourth-order valence-corrected chi connectivity index (χ4v) is 8.82. The highest BCUT2D eigenvalue weighted by Gasteiger charge is 2.63. The Hall–Kier alpha value is -0.0800. The summed E-state index contributed by atoms with van der Waals surface area (Å²) in [5.41, 5.74) is 0.505. The van der Waals surface area contributed by atoms with Gasteiger partial charge in [-0.3, -0.25) is 0 Å². The lowest BCUT2D eigenvalue weighted by atomic mass is 9.43. The van der Waals surface area contributed by atoms with Crippen LogP contribution in [0.2, 0.25) is 0 Å². The molecule has 4 saturated carbocycles. The maximum absolute atomic E-state index is 11.5. The Balaban J connectivity index is 1.61. The van der Waals surface area contributed by atoms with Crippen LogP contribution in [-0.2, 0) is 0 Å². The van der Waals surface area contributed by atoms with E-state index in [1.807, 2.05) is 0 Å². The number of hydrogen-bond donors (Lipinski definition) is 2. The van der Waals surface area contributed by atoms with E-state index < -0.39 is 0 Å². The largest absolute Gasteiger partial charge is 0.393 e. The monoisotopic (exact) mass is 362 g/mol. The van der Waals surface area contributed by atoms with Gasteiger partial charge in [-0.15, -0.1) is 0 Å². The summed E-state index contributed by atoms with van der Waals surface area (Å²) < 4.78 is 0. The van der Waals surface area contributed by atoms with Gasteiger partial charge in [-0.1, -0.05) is 40.5 Å². The quantitative estimate of drug-likeness (QED) is 0.704. The molecule has 0 aromatic rings. The number of rotatable bonds is 3. The minimum atomic E-state index is -0.122. The van der Waals surface area contributed by atoms with Gasteiger partial charge in [-0.25, -0.2) is 0 Å². The van der Waals surface area contributed by atoms with Gasteiger partial charge in [0.15, 0.2) is 0 Å². The Kier molecular flexibility index (Phi) is 5.01. The fraction of sp³-hybridized carbons (Fsp3) is 1.00. The molecule has 150 valence electrons. The first-order valence-corrected chi connectivity index (χ1v) is 11.7. The van der Waals surface area contributed by atoms with Crippen LogP contribution in [0.25, 0.3) is 0 Å². The lowest BCUT2D eigenvalue weighted by molar-refractivity contribution is -0.174. The molecule has 2 nitrogen and oxygen atoms in total. The summed E-state index contributed by atoms with van der Waals surface area (Å²) in [6, 6.07) is 0. The SMILES string of the molecule is CCC[C@@H](C)C1CCC2C3CC[C@@H]4C[C@H](O)CC[C@]4(C)C3C[C@H](O)[C@@]21C. The molecule has 0 saturated heterocycles. The fourth-order valence-electron chi connectivity index (χ4n) is 8.82. The lowest BCUT2D eigenvalue weighted by Crippen LogP contribution is -2.58. The van der Waals surface area contributed by atoms with Gasteiger partial charge in [-0.2, -0.15) is 0 Å². The summed E-state index contributed by atoms with van der Waals surface area (Å²) in [5.74, 6) is 4.37. The van der Waals surface area contributed by atoms with Gasteiger partial charge in [0.1, 0.15) is 0 Å². The maximum Gasteiger partial charge on any atom is 0.0602 e. The first kappa shape index (κ1) is 19.2. The second-order valence-electron chi connectivity index (χ2n) is 11.2. The molecule has 4 aliphatic rings. The molecule has 10 atom stereocenters. The Morgan fingerprint density at radius 1 is 0.962 bits per heavy atom. The second-order valence-corrected chi connectivity index (χ2v) is 11.2. The van der Waals surface area contributed by atoms with Crippen molar-refractivity contribution in [3.05, 3.63) is 0 Å². The zero-order valence-electron chi connectivity index (χ0n) is 17.6. The highest BCUT2D eigenvalue weighted by Crippen LogP contribution is 2.68. The van der Waals surface area contributed by atoms with Gasteiger partial charge in [0.05, 0.1) is 12.2 Å². The molecular formula is C24H42O2. The summed E-state index contributed by atoms with van der Waals surface area (Å²) in [5, 5.41) is 21.7. The first-order chi connectivity index (χ1) is 12.3. The molecule has 0 aliphatic heterocycles. The van der Waals surface area contributed by atoms with Crippen LogP contribution in [0.3, 0.4) is 0 Å². The predicted octanol–water partition coefficient (Wildman–Crippen LogP) is 5.41. The molecule has 4 unspecified atom stereocenters. The van der Waals surface area contributed by atoms with Crippen molar-refractivity contribution in [1.82, 2.24) is 0 Å². The number of aliphatic hydroxyl groups excluding tert-OH is 2. The molecule has 0 aromatic heterocycles. The third-order valence-corrected chi connectivity index (χ3v) is 10.2. The van der Waals surface area contributed by atoms with E-state index in [-0.39, 0.29) is 17.6 Å². The third kappa shape index (κ3) is 2.65. The first-order valence-electron chi connectivity index (χ1n) is 11.7. The molecule has 26 heavy (non-hydrogen) atoms. The van der Waals surface area contributed by atoms with Crippen LogP contribution >= 0.6 is 0 Å². The average Bonchev–Trinajstić information content (AvgIpc) is 2.96. The topological polar surface area (TPSA) is 40.5 Å². The van der Waals surface area contributed by atoms with Crippen LogP contribution in [-0.4, -0.2) is 22.4 Å². The van der Waals surface area contributed by atoms with Gasteiger partial charge in [0.2, 0.25) is 0 Å². The molecule has 0 spiro atoms. The number of fused-ring (bicyclic) bond motifs is 5. The lowest BCUT2D eigenvalue weighted by Gasteiger charge is -2.62. The van der Waals surface area contributed by atoms with E-state index in [4.69, 9.17) is 0 Å². The van der Waals surface area contributed by atoms with E-state index in [9.17, 15) is 10.2 Å². The molecule has 2 N–H and O–H groups in total. The van der Waals surface area contributed by atoms with Gasteiger partial charge < -0.3 is 10.2 Å². The van der Waals surface area contributed by atoms with Gasteiger partial charge in [0, 0.05) is 0 Å². The van der Waals surface area contributed by atoms with Crippen molar-refractivity contribution in [2.45, 2.75) is 104 Å². The molecule has 0 heterocycles. The van der Waals surface area contributed by atoms with Crippen molar-refractivity contribution in [3.8, 4) is 0 Å². The molecule has 0 bridgehead atoms. The van der Waals surface area contributed by atoms with Crippen molar-refractivity contribution in [2.75, 3.05) is 0 Å². The molecule has 4 aliphatic carbocycles. The zero-order valence-corrected chi connectivity index (χ0v) is 17.6. The van der Waals surface area contributed by atoms with Crippen LogP contribution in [0, 0.1) is 46.3 Å². The number of hydrogen-bond acceptors (Lipinski definition) is 2. The Bertz CT molecular complexity index is 518. The molecule has 2 heteroatoms. The predicted molar refractivity (Wildman–Crippen MR) is 107 cm³/mol. The van der Waals surface area contributed by atoms with E-state index in [0.29, 0.717) is 23.2 Å². The molecular weight excluding hydrogens is 320 g/mol. The summed E-state index contributed by atoms with van der Waals surface area (Å²) in [6.45, 7) is 9.73. The Morgan fingerprint density at radius 2 is 1.73 bits per heavy atom. The van der Waals surface area contributed by atoms with Crippen molar-refractivity contribution < 1.29 is 10.2 Å². The highest BCUT2D eigenvalue weighted by atomic mass is 16.3. The summed E-state index contributed by atoms with van der Waals surface area (Å²) in [7, 11) is 0. The van der Waals surface area contributed by atoms with Gasteiger partial charge >= 0.3 is 0 Å². The standard InChI is InChI=1S/C24H42O2/c1-5-6-15(2)19-9-10-20-18-8-7-16-13-17(25)11-12-23(16,3)21(18)14-22(26)24(19,20)4/h15-22,25-26H,5-14H2,1-4H3/t15-,16-,17-,18?,19?,20?,21?,22+,23+,24-/m1/s1. The minimum absolute atomic E-state index is 0.0749. The summed E-state index contributed by atoms with van der Waals surface area (Å²) in [6.07, 6.45) is 11.9. The van der Waals surface area contributed by atoms with E-state index >= 15 is 0 Å². The van der Waals surface area contributed by atoms with Gasteiger partial charge in [0.25, 0.3) is 0 Å². The molecule has 4 fully saturated rings. The molecule has 0 aromatic carbocycles. The van der Waals surface area contributed by atoms with Crippen molar-refractivity contribution >= 4 is 0 Å². The van der Waals surface area contributed by atoms with Crippen LogP contribution in [0.5, 0.6) is 0 Å². The van der Waals surface area contributed by atoms with E-state index in [2.05, 4.69) is 27.7 Å². The van der Waals surface area contributed by atoms with E-state index in [1.165, 1.54) is 44.9 Å². The van der Waals surface area contributed by atoms with Gasteiger partial charge in [-0.05, 0) is 97.7 Å². The van der Waals surface area contributed by atoms with E-state index in [1.54, 1.807) is 0 Å². The Labute approximate surface area is 161 Å². The third-order valence-electron chi connectivity index (χ3n) is 10.2. The Morgan fingerprint density at radius 3 is 2.46 bits per heavy atom. The summed E-state index contributed by atoms with van der Waals surface area (Å²) >= 11 is 0. The van der Waals surface area contributed by atoms with Crippen LogP contribution in [0.15, 0.2) is 0 Å².